The summed E-state index contributed by atoms with van der Waals surface area (Å²) in [5.74, 6) is 0.647. The molecule has 1 fully saturated rings. The van der Waals surface area contributed by atoms with E-state index in [1.807, 2.05) is 0 Å². The van der Waals surface area contributed by atoms with E-state index in [4.69, 9.17) is 10.2 Å². The van der Waals surface area contributed by atoms with Gasteiger partial charge >= 0.3 is 0 Å². The molecule has 96 valence electrons. The summed E-state index contributed by atoms with van der Waals surface area (Å²) in [7, 11) is 0. The van der Waals surface area contributed by atoms with Crippen LogP contribution < -0.4 is 5.73 Å². The molecule has 1 aromatic carbocycles. The summed E-state index contributed by atoms with van der Waals surface area (Å²) in [6, 6.07) is 6.39. The Labute approximate surface area is 107 Å². The SMILES string of the molecule is NCCN1CCC(c2ccc3ncoc3c2)CC1. The molecule has 1 aliphatic rings. The van der Waals surface area contributed by atoms with Crippen molar-refractivity contribution in [3.05, 3.63) is 30.2 Å². The first kappa shape index (κ1) is 11.7. The van der Waals surface area contributed by atoms with E-state index in [-0.39, 0.29) is 0 Å². The van der Waals surface area contributed by atoms with E-state index in [9.17, 15) is 0 Å². The van der Waals surface area contributed by atoms with Crippen molar-refractivity contribution in [3.63, 3.8) is 0 Å². The molecule has 0 radical (unpaired) electrons. The molecular weight excluding hydrogens is 226 g/mol. The molecule has 0 saturated carbocycles. The summed E-state index contributed by atoms with van der Waals surface area (Å²) in [5, 5.41) is 0. The number of nitrogens with two attached hydrogens (primary N) is 1. The van der Waals surface area contributed by atoms with E-state index in [0.29, 0.717) is 5.92 Å². The largest absolute Gasteiger partial charge is 0.443 e. The molecule has 4 heteroatoms. The molecular formula is C14H19N3O. The van der Waals surface area contributed by atoms with E-state index in [0.717, 1.165) is 37.3 Å². The highest BCUT2D eigenvalue weighted by atomic mass is 16.3. The van der Waals surface area contributed by atoms with Gasteiger partial charge in [-0.15, -0.1) is 0 Å². The third-order valence-corrected chi connectivity index (χ3v) is 3.86. The summed E-state index contributed by atoms with van der Waals surface area (Å²) in [6.45, 7) is 4.08. The van der Waals surface area contributed by atoms with E-state index in [2.05, 4.69) is 28.1 Å². The Hall–Kier alpha value is -1.39. The normalized spacial score (nSPS) is 18.5. The Balaban J connectivity index is 1.71. The summed E-state index contributed by atoms with van der Waals surface area (Å²) >= 11 is 0. The number of aromatic nitrogens is 1. The highest BCUT2D eigenvalue weighted by Gasteiger charge is 2.20. The minimum atomic E-state index is 0.647. The van der Waals surface area contributed by atoms with Crippen LogP contribution in [0.5, 0.6) is 0 Å². The second-order valence-corrected chi connectivity index (χ2v) is 4.98. The van der Waals surface area contributed by atoms with Crippen LogP contribution in [0.15, 0.2) is 29.0 Å². The summed E-state index contributed by atoms with van der Waals surface area (Å²) in [4.78, 5) is 6.60. The number of oxazole rings is 1. The molecule has 18 heavy (non-hydrogen) atoms. The van der Waals surface area contributed by atoms with Crippen molar-refractivity contribution in [2.24, 2.45) is 5.73 Å². The van der Waals surface area contributed by atoms with Crippen molar-refractivity contribution < 1.29 is 4.42 Å². The zero-order valence-electron chi connectivity index (χ0n) is 10.5. The fourth-order valence-electron chi connectivity index (χ4n) is 2.80. The average Bonchev–Trinajstić information content (AvgIpc) is 2.87. The van der Waals surface area contributed by atoms with E-state index >= 15 is 0 Å². The third-order valence-electron chi connectivity index (χ3n) is 3.86. The highest BCUT2D eigenvalue weighted by molar-refractivity contribution is 5.72. The lowest BCUT2D eigenvalue weighted by Crippen LogP contribution is -2.36. The molecule has 2 heterocycles. The van der Waals surface area contributed by atoms with Gasteiger partial charge in [0.2, 0.25) is 0 Å². The number of piperidine rings is 1. The lowest BCUT2D eigenvalue weighted by molar-refractivity contribution is 0.218. The molecule has 1 aromatic heterocycles. The Bertz CT molecular complexity index is 514. The van der Waals surface area contributed by atoms with Crippen LogP contribution in [-0.4, -0.2) is 36.1 Å². The van der Waals surface area contributed by atoms with Crippen LogP contribution in [0, 0.1) is 0 Å². The maximum Gasteiger partial charge on any atom is 0.181 e. The van der Waals surface area contributed by atoms with Crippen LogP contribution >= 0.6 is 0 Å². The van der Waals surface area contributed by atoms with Crippen LogP contribution in [0.2, 0.25) is 0 Å². The number of hydrogen-bond acceptors (Lipinski definition) is 4. The van der Waals surface area contributed by atoms with Gasteiger partial charge in [0.05, 0.1) is 0 Å². The maximum atomic E-state index is 5.59. The molecule has 0 aliphatic carbocycles. The van der Waals surface area contributed by atoms with Gasteiger partial charge in [0, 0.05) is 13.1 Å². The molecule has 0 atom stereocenters. The molecule has 1 saturated heterocycles. The van der Waals surface area contributed by atoms with E-state index in [1.165, 1.54) is 24.8 Å². The first-order chi connectivity index (χ1) is 8.86. The Morgan fingerprint density at radius 1 is 1.33 bits per heavy atom. The fourth-order valence-corrected chi connectivity index (χ4v) is 2.80. The molecule has 1 aliphatic heterocycles. The average molecular weight is 245 g/mol. The molecule has 0 spiro atoms. The number of benzene rings is 1. The summed E-state index contributed by atoms with van der Waals surface area (Å²) in [6.07, 6.45) is 3.93. The van der Waals surface area contributed by atoms with Gasteiger partial charge < -0.3 is 15.1 Å². The molecule has 2 N–H and O–H groups in total. The Morgan fingerprint density at radius 3 is 2.94 bits per heavy atom. The van der Waals surface area contributed by atoms with Crippen molar-refractivity contribution in [3.8, 4) is 0 Å². The first-order valence-corrected chi connectivity index (χ1v) is 6.62. The van der Waals surface area contributed by atoms with Gasteiger partial charge in [-0.2, -0.15) is 0 Å². The zero-order valence-corrected chi connectivity index (χ0v) is 10.5. The second kappa shape index (κ2) is 5.08. The van der Waals surface area contributed by atoms with Crippen molar-refractivity contribution in [2.45, 2.75) is 18.8 Å². The minimum Gasteiger partial charge on any atom is -0.443 e. The van der Waals surface area contributed by atoms with Crippen LogP contribution in [-0.2, 0) is 0 Å². The molecule has 3 rings (SSSR count). The Morgan fingerprint density at radius 2 is 2.17 bits per heavy atom. The van der Waals surface area contributed by atoms with Gasteiger partial charge in [0.1, 0.15) is 5.52 Å². The van der Waals surface area contributed by atoms with Crippen molar-refractivity contribution in [1.29, 1.82) is 0 Å². The Kier molecular flexibility index (Phi) is 3.30. The van der Waals surface area contributed by atoms with Gasteiger partial charge in [0.15, 0.2) is 12.0 Å². The number of nitrogens with zero attached hydrogens (tertiary/aromatic N) is 2. The zero-order chi connectivity index (χ0) is 12.4. The van der Waals surface area contributed by atoms with Gasteiger partial charge in [-0.05, 0) is 49.5 Å². The summed E-state index contributed by atoms with van der Waals surface area (Å²) < 4.78 is 5.37. The van der Waals surface area contributed by atoms with Gasteiger partial charge in [-0.1, -0.05) is 6.07 Å². The fraction of sp³-hybridized carbons (Fsp3) is 0.500. The van der Waals surface area contributed by atoms with Crippen molar-refractivity contribution in [2.75, 3.05) is 26.2 Å². The first-order valence-electron chi connectivity index (χ1n) is 6.62. The van der Waals surface area contributed by atoms with Crippen molar-refractivity contribution in [1.82, 2.24) is 9.88 Å². The smallest absolute Gasteiger partial charge is 0.181 e. The number of fused-ring (bicyclic) bond motifs is 1. The van der Waals surface area contributed by atoms with E-state index in [1.54, 1.807) is 0 Å². The highest BCUT2D eigenvalue weighted by Crippen LogP contribution is 2.29. The minimum absolute atomic E-state index is 0.647. The quantitative estimate of drug-likeness (QED) is 0.898. The predicted octanol–water partition coefficient (Wildman–Crippen LogP) is 1.97. The van der Waals surface area contributed by atoms with Crippen molar-refractivity contribution >= 4 is 11.1 Å². The standard InChI is InChI=1S/C14H19N3O/c15-5-8-17-6-3-11(4-7-17)12-1-2-13-14(9-12)18-10-16-13/h1-2,9-11H,3-8,15H2. The number of hydrogen-bond donors (Lipinski definition) is 1. The monoisotopic (exact) mass is 245 g/mol. The van der Waals surface area contributed by atoms with E-state index < -0.39 is 0 Å². The molecule has 4 nitrogen and oxygen atoms in total. The van der Waals surface area contributed by atoms with Gasteiger partial charge in [-0.25, -0.2) is 4.98 Å². The lowest BCUT2D eigenvalue weighted by Gasteiger charge is -2.31. The van der Waals surface area contributed by atoms with Crippen LogP contribution in [0.25, 0.3) is 11.1 Å². The topological polar surface area (TPSA) is 55.3 Å². The van der Waals surface area contributed by atoms with Crippen LogP contribution in [0.1, 0.15) is 24.3 Å². The third kappa shape index (κ3) is 2.26. The lowest BCUT2D eigenvalue weighted by atomic mass is 9.89. The predicted molar refractivity (Wildman–Crippen MR) is 71.5 cm³/mol. The number of likely N-dealkylation sites (tertiary alicyclic amines) is 1. The molecule has 0 unspecified atom stereocenters. The summed E-state index contributed by atoms with van der Waals surface area (Å²) in [5.41, 5.74) is 8.82. The second-order valence-electron chi connectivity index (χ2n) is 4.98. The molecule has 0 bridgehead atoms. The molecule has 0 amide bonds. The maximum absolute atomic E-state index is 5.59. The van der Waals surface area contributed by atoms with Gasteiger partial charge in [0.25, 0.3) is 0 Å². The van der Waals surface area contributed by atoms with Gasteiger partial charge in [-0.3, -0.25) is 0 Å². The van der Waals surface area contributed by atoms with Crippen LogP contribution in [0.4, 0.5) is 0 Å². The molecule has 2 aromatic rings. The van der Waals surface area contributed by atoms with Crippen LogP contribution in [0.3, 0.4) is 0 Å². The number of rotatable bonds is 3.